The Bertz CT molecular complexity index is 1350. The SMILES string of the molecule is CCOC(=O)c1sc2ncn(CC(=O)c3c[nH]c4c(CC)cccc34)c(=O)c2c1C. The third kappa shape index (κ3) is 3.23. The highest BCUT2D eigenvalue weighted by molar-refractivity contribution is 7.20. The van der Waals surface area contributed by atoms with Crippen molar-refractivity contribution in [1.29, 1.82) is 0 Å². The van der Waals surface area contributed by atoms with E-state index in [0.29, 0.717) is 26.2 Å². The summed E-state index contributed by atoms with van der Waals surface area (Å²) in [7, 11) is 0. The summed E-state index contributed by atoms with van der Waals surface area (Å²) in [4.78, 5) is 46.5. The van der Waals surface area contributed by atoms with Crippen LogP contribution in [0.15, 0.2) is 35.5 Å². The van der Waals surface area contributed by atoms with Crippen molar-refractivity contribution in [1.82, 2.24) is 14.5 Å². The molecule has 0 radical (unpaired) electrons. The molecule has 0 aliphatic carbocycles. The zero-order valence-electron chi connectivity index (χ0n) is 16.9. The summed E-state index contributed by atoms with van der Waals surface area (Å²) in [6, 6.07) is 5.85. The molecule has 0 bridgehead atoms. The van der Waals surface area contributed by atoms with E-state index in [1.807, 2.05) is 18.2 Å². The topological polar surface area (TPSA) is 94.0 Å². The number of para-hydroxylation sites is 1. The van der Waals surface area contributed by atoms with Gasteiger partial charge in [-0.25, -0.2) is 9.78 Å². The summed E-state index contributed by atoms with van der Waals surface area (Å²) >= 11 is 1.13. The van der Waals surface area contributed by atoms with Gasteiger partial charge in [-0.2, -0.15) is 0 Å². The smallest absolute Gasteiger partial charge is 0.348 e. The van der Waals surface area contributed by atoms with Gasteiger partial charge in [-0.3, -0.25) is 14.2 Å². The first-order valence-corrected chi connectivity index (χ1v) is 10.6. The largest absolute Gasteiger partial charge is 0.462 e. The van der Waals surface area contributed by atoms with Crippen LogP contribution >= 0.6 is 11.3 Å². The van der Waals surface area contributed by atoms with E-state index in [0.717, 1.165) is 34.2 Å². The number of rotatable bonds is 6. The predicted octanol–water partition coefficient (Wildman–Crippen LogP) is 3.87. The lowest BCUT2D eigenvalue weighted by molar-refractivity contribution is 0.0531. The molecule has 30 heavy (non-hydrogen) atoms. The van der Waals surface area contributed by atoms with Crippen LogP contribution in [0, 0.1) is 6.92 Å². The monoisotopic (exact) mass is 423 g/mol. The molecule has 0 atom stereocenters. The molecule has 8 heteroatoms. The lowest BCUT2D eigenvalue weighted by Crippen LogP contribution is -2.24. The summed E-state index contributed by atoms with van der Waals surface area (Å²) in [5.41, 5.74) is 2.81. The number of nitrogens with one attached hydrogen (secondary N) is 1. The number of Topliss-reactive ketones (excluding diaryl/α,β-unsaturated/α-hetero) is 1. The molecule has 0 spiro atoms. The lowest BCUT2D eigenvalue weighted by Gasteiger charge is -2.05. The highest BCUT2D eigenvalue weighted by Gasteiger charge is 2.21. The molecule has 0 aliphatic heterocycles. The van der Waals surface area contributed by atoms with Gasteiger partial charge < -0.3 is 9.72 Å². The zero-order valence-corrected chi connectivity index (χ0v) is 17.8. The average Bonchev–Trinajstić information content (AvgIpc) is 3.32. The minimum atomic E-state index is -0.467. The lowest BCUT2D eigenvalue weighted by atomic mass is 10.0. The molecule has 154 valence electrons. The van der Waals surface area contributed by atoms with Crippen LogP contribution in [0.4, 0.5) is 0 Å². The average molecular weight is 423 g/mol. The first kappa shape index (κ1) is 20.0. The zero-order chi connectivity index (χ0) is 21.4. The summed E-state index contributed by atoms with van der Waals surface area (Å²) in [6.45, 7) is 5.61. The summed E-state index contributed by atoms with van der Waals surface area (Å²) in [6.07, 6.45) is 3.91. The molecule has 4 aromatic rings. The quantitative estimate of drug-likeness (QED) is 0.375. The fourth-order valence-corrected chi connectivity index (χ4v) is 4.68. The maximum atomic E-state index is 13.0. The number of aromatic amines is 1. The number of carbonyl (C=O) groups is 2. The molecule has 0 saturated heterocycles. The van der Waals surface area contributed by atoms with Crippen molar-refractivity contribution >= 4 is 44.2 Å². The number of H-pyrrole nitrogens is 1. The van der Waals surface area contributed by atoms with E-state index < -0.39 is 5.97 Å². The number of ether oxygens (including phenoxy) is 1. The van der Waals surface area contributed by atoms with Crippen LogP contribution in [0.25, 0.3) is 21.1 Å². The molecule has 3 heterocycles. The third-order valence-corrected chi connectivity index (χ3v) is 6.36. The molecule has 0 unspecified atom stereocenters. The summed E-state index contributed by atoms with van der Waals surface area (Å²) in [5.74, 6) is -0.651. The first-order chi connectivity index (χ1) is 14.5. The maximum absolute atomic E-state index is 13.0. The summed E-state index contributed by atoms with van der Waals surface area (Å²) < 4.78 is 6.35. The van der Waals surface area contributed by atoms with Crippen molar-refractivity contribution in [2.45, 2.75) is 33.7 Å². The highest BCUT2D eigenvalue weighted by atomic mass is 32.1. The molecule has 0 aliphatic rings. The molecule has 7 nitrogen and oxygen atoms in total. The Hall–Kier alpha value is -3.26. The molecule has 1 aromatic carbocycles. The number of esters is 1. The van der Waals surface area contributed by atoms with Gasteiger partial charge in [0, 0.05) is 22.7 Å². The molecule has 1 N–H and O–H groups in total. The van der Waals surface area contributed by atoms with Crippen molar-refractivity contribution in [3.8, 4) is 0 Å². The van der Waals surface area contributed by atoms with Gasteiger partial charge >= 0.3 is 5.97 Å². The normalized spacial score (nSPS) is 11.3. The molecule has 4 rings (SSSR count). The van der Waals surface area contributed by atoms with Crippen LogP contribution in [-0.2, 0) is 17.7 Å². The van der Waals surface area contributed by atoms with Crippen LogP contribution in [0.5, 0.6) is 0 Å². The minimum Gasteiger partial charge on any atom is -0.462 e. The van der Waals surface area contributed by atoms with E-state index in [1.54, 1.807) is 20.0 Å². The molecule has 3 aromatic heterocycles. The van der Waals surface area contributed by atoms with Gasteiger partial charge in [0.05, 0.1) is 24.9 Å². The third-order valence-electron chi connectivity index (χ3n) is 5.18. The van der Waals surface area contributed by atoms with Crippen molar-refractivity contribution in [2.24, 2.45) is 0 Å². The Labute approximate surface area is 176 Å². The second kappa shape index (κ2) is 7.87. The number of carbonyl (C=O) groups excluding carboxylic acids is 2. The fourth-order valence-electron chi connectivity index (χ4n) is 3.65. The number of aromatic nitrogens is 3. The maximum Gasteiger partial charge on any atom is 0.348 e. The van der Waals surface area contributed by atoms with E-state index >= 15 is 0 Å². The number of aryl methyl sites for hydroxylation is 2. The van der Waals surface area contributed by atoms with E-state index in [9.17, 15) is 14.4 Å². The van der Waals surface area contributed by atoms with Crippen LogP contribution in [-0.4, -0.2) is 32.9 Å². The predicted molar refractivity (Wildman–Crippen MR) is 117 cm³/mol. The number of benzene rings is 1. The van der Waals surface area contributed by atoms with E-state index in [-0.39, 0.29) is 24.5 Å². The second-order valence-electron chi connectivity index (χ2n) is 6.95. The number of thiophene rings is 1. The van der Waals surface area contributed by atoms with Crippen molar-refractivity contribution in [3.63, 3.8) is 0 Å². The van der Waals surface area contributed by atoms with Gasteiger partial charge in [0.2, 0.25) is 0 Å². The molecule has 0 fully saturated rings. The van der Waals surface area contributed by atoms with Crippen LogP contribution < -0.4 is 5.56 Å². The fraction of sp³-hybridized carbons (Fsp3) is 0.273. The van der Waals surface area contributed by atoms with Gasteiger partial charge in [0.1, 0.15) is 9.71 Å². The van der Waals surface area contributed by atoms with Crippen molar-refractivity contribution in [2.75, 3.05) is 6.61 Å². The summed E-state index contributed by atoms with van der Waals surface area (Å²) in [5, 5.41) is 1.20. The van der Waals surface area contributed by atoms with Gasteiger partial charge in [0.15, 0.2) is 5.78 Å². The highest BCUT2D eigenvalue weighted by Crippen LogP contribution is 2.28. The van der Waals surface area contributed by atoms with Gasteiger partial charge in [0.25, 0.3) is 5.56 Å². The second-order valence-corrected chi connectivity index (χ2v) is 7.95. The van der Waals surface area contributed by atoms with Crippen LogP contribution in [0.2, 0.25) is 0 Å². The van der Waals surface area contributed by atoms with Gasteiger partial charge in [-0.15, -0.1) is 11.3 Å². The Morgan fingerprint density at radius 3 is 2.80 bits per heavy atom. The number of ketones is 1. The molecule has 0 amide bonds. The number of hydrogen-bond donors (Lipinski definition) is 1. The first-order valence-electron chi connectivity index (χ1n) is 9.74. The van der Waals surface area contributed by atoms with Gasteiger partial charge in [-0.1, -0.05) is 25.1 Å². The number of hydrogen-bond acceptors (Lipinski definition) is 6. The standard InChI is InChI=1S/C22H21N3O4S/c1-4-13-7-6-8-14-15(9-23-18(13)14)16(26)10-25-11-24-20-17(21(25)27)12(3)19(30-20)22(28)29-5-2/h6-9,11,23H,4-5,10H2,1-3H3. The Balaban J connectivity index is 1.72. The van der Waals surface area contributed by atoms with E-state index in [2.05, 4.69) is 16.9 Å². The van der Waals surface area contributed by atoms with E-state index in [1.165, 1.54) is 10.9 Å². The van der Waals surface area contributed by atoms with E-state index in [4.69, 9.17) is 4.74 Å². The Morgan fingerprint density at radius 2 is 2.07 bits per heavy atom. The Morgan fingerprint density at radius 1 is 1.27 bits per heavy atom. The number of nitrogens with zero attached hydrogens (tertiary/aromatic N) is 2. The minimum absolute atomic E-state index is 0.130. The molecular weight excluding hydrogens is 402 g/mol. The molecular formula is C22H21N3O4S. The Kier molecular flexibility index (Phi) is 5.26. The number of fused-ring (bicyclic) bond motifs is 2. The van der Waals surface area contributed by atoms with Crippen molar-refractivity contribution < 1.29 is 14.3 Å². The van der Waals surface area contributed by atoms with Gasteiger partial charge in [-0.05, 0) is 31.4 Å². The van der Waals surface area contributed by atoms with Crippen molar-refractivity contribution in [3.05, 3.63) is 62.6 Å². The van der Waals surface area contributed by atoms with Crippen LogP contribution in [0.3, 0.4) is 0 Å². The van der Waals surface area contributed by atoms with Crippen LogP contribution in [0.1, 0.15) is 45.0 Å². The molecule has 0 saturated carbocycles.